The van der Waals surface area contributed by atoms with Crippen molar-refractivity contribution in [2.75, 3.05) is 6.54 Å². The summed E-state index contributed by atoms with van der Waals surface area (Å²) in [5.41, 5.74) is 1.86. The summed E-state index contributed by atoms with van der Waals surface area (Å²) < 4.78 is 1.60. The fourth-order valence-corrected chi connectivity index (χ4v) is 4.69. The summed E-state index contributed by atoms with van der Waals surface area (Å²) in [5.74, 6) is 0.119. The summed E-state index contributed by atoms with van der Waals surface area (Å²) in [7, 11) is 0. The molecule has 0 aliphatic heterocycles. The van der Waals surface area contributed by atoms with Crippen molar-refractivity contribution in [3.05, 3.63) is 98.7 Å². The van der Waals surface area contributed by atoms with Crippen LogP contribution in [0.4, 0.5) is 0 Å². The molecule has 0 aliphatic rings. The molecule has 0 radical (unpaired) electrons. The van der Waals surface area contributed by atoms with E-state index in [0.717, 1.165) is 6.42 Å². The van der Waals surface area contributed by atoms with Crippen LogP contribution in [0.5, 0.6) is 0 Å². The zero-order valence-electron chi connectivity index (χ0n) is 18.2. The molecule has 32 heavy (non-hydrogen) atoms. The van der Waals surface area contributed by atoms with Crippen molar-refractivity contribution < 1.29 is 4.79 Å². The van der Waals surface area contributed by atoms with E-state index < -0.39 is 0 Å². The highest BCUT2D eigenvalue weighted by Crippen LogP contribution is 2.18. The van der Waals surface area contributed by atoms with E-state index in [4.69, 9.17) is 0 Å². The first kappa shape index (κ1) is 22.0. The van der Waals surface area contributed by atoms with Crippen LogP contribution >= 0.6 is 11.3 Å². The van der Waals surface area contributed by atoms with Crippen LogP contribution in [0.25, 0.3) is 10.9 Å². The molecule has 0 N–H and O–H groups in total. The maximum atomic E-state index is 13.1. The molecule has 2 aromatic carbocycles. The third-order valence-electron chi connectivity index (χ3n) is 5.53. The molecule has 4 aromatic rings. The SMILES string of the molecule is Cc1ccc(CN(CCc2ccccc2)C(=O)CCCn2cnc3ccccc3c2=O)s1. The van der Waals surface area contributed by atoms with Crippen molar-refractivity contribution >= 4 is 28.1 Å². The molecule has 0 aliphatic carbocycles. The maximum absolute atomic E-state index is 13.1. The van der Waals surface area contributed by atoms with Crippen molar-refractivity contribution in [3.8, 4) is 0 Å². The second kappa shape index (κ2) is 10.4. The van der Waals surface area contributed by atoms with Gasteiger partial charge < -0.3 is 4.90 Å². The molecule has 2 heterocycles. The Bertz CT molecular complexity index is 1250. The smallest absolute Gasteiger partial charge is 0.261 e. The van der Waals surface area contributed by atoms with Crippen LogP contribution in [0.15, 0.2) is 77.9 Å². The average molecular weight is 446 g/mol. The predicted octanol–water partition coefficient (Wildman–Crippen LogP) is 4.82. The van der Waals surface area contributed by atoms with E-state index in [2.05, 4.69) is 36.2 Å². The lowest BCUT2D eigenvalue weighted by Crippen LogP contribution is -2.32. The summed E-state index contributed by atoms with van der Waals surface area (Å²) >= 11 is 1.73. The molecule has 0 spiro atoms. The summed E-state index contributed by atoms with van der Waals surface area (Å²) in [6.45, 7) is 3.87. The zero-order chi connectivity index (χ0) is 22.3. The first-order valence-corrected chi connectivity index (χ1v) is 11.7. The summed E-state index contributed by atoms with van der Waals surface area (Å²) in [6, 6.07) is 21.8. The number of para-hydroxylation sites is 1. The number of carbonyl (C=O) groups excluding carboxylic acids is 1. The Morgan fingerprint density at radius 1 is 1.03 bits per heavy atom. The van der Waals surface area contributed by atoms with E-state index in [1.54, 1.807) is 28.3 Å². The predicted molar refractivity (Wildman–Crippen MR) is 130 cm³/mol. The van der Waals surface area contributed by atoms with E-state index in [1.807, 2.05) is 41.3 Å². The second-order valence-corrected chi connectivity index (χ2v) is 9.30. The fraction of sp³-hybridized carbons (Fsp3) is 0.269. The van der Waals surface area contributed by atoms with Crippen molar-refractivity contribution in [3.63, 3.8) is 0 Å². The Hall–Kier alpha value is -3.25. The van der Waals surface area contributed by atoms with Crippen molar-refractivity contribution in [1.82, 2.24) is 14.5 Å². The fourth-order valence-electron chi connectivity index (χ4n) is 3.78. The van der Waals surface area contributed by atoms with Gasteiger partial charge in [0.1, 0.15) is 0 Å². The number of fused-ring (bicyclic) bond motifs is 1. The van der Waals surface area contributed by atoms with E-state index in [9.17, 15) is 9.59 Å². The highest BCUT2D eigenvalue weighted by Gasteiger charge is 2.15. The highest BCUT2D eigenvalue weighted by atomic mass is 32.1. The summed E-state index contributed by atoms with van der Waals surface area (Å²) in [4.78, 5) is 34.5. The standard InChI is InChI=1S/C26H27N3O2S/c1-20-13-14-22(32-20)18-28(17-15-21-8-3-2-4-9-21)25(30)12-7-16-29-19-27-24-11-6-5-10-23(24)26(29)31/h2-6,8-11,13-14,19H,7,12,15-18H2,1H3. The highest BCUT2D eigenvalue weighted by molar-refractivity contribution is 7.11. The molecule has 0 bridgehead atoms. The van der Waals surface area contributed by atoms with Crippen molar-refractivity contribution in [2.45, 2.75) is 39.3 Å². The molecule has 0 saturated heterocycles. The van der Waals surface area contributed by atoms with Gasteiger partial charge in [0.25, 0.3) is 5.56 Å². The van der Waals surface area contributed by atoms with Crippen molar-refractivity contribution in [1.29, 1.82) is 0 Å². The first-order valence-electron chi connectivity index (χ1n) is 10.9. The van der Waals surface area contributed by atoms with Crippen molar-refractivity contribution in [2.24, 2.45) is 0 Å². The minimum Gasteiger partial charge on any atom is -0.337 e. The number of carbonyl (C=O) groups is 1. The lowest BCUT2D eigenvalue weighted by molar-refractivity contribution is -0.131. The Morgan fingerprint density at radius 3 is 2.59 bits per heavy atom. The Morgan fingerprint density at radius 2 is 1.81 bits per heavy atom. The largest absolute Gasteiger partial charge is 0.337 e. The zero-order valence-corrected chi connectivity index (χ0v) is 19.1. The molecule has 0 unspecified atom stereocenters. The average Bonchev–Trinajstić information content (AvgIpc) is 3.23. The van der Waals surface area contributed by atoms with E-state index in [0.29, 0.717) is 43.4 Å². The number of thiophene rings is 1. The lowest BCUT2D eigenvalue weighted by Gasteiger charge is -2.22. The summed E-state index contributed by atoms with van der Waals surface area (Å²) in [6.07, 6.45) is 3.41. The molecule has 6 heteroatoms. The molecule has 0 saturated carbocycles. The molecular weight excluding hydrogens is 418 g/mol. The number of benzene rings is 2. The van der Waals surface area contributed by atoms with Gasteiger partial charge in [-0.05, 0) is 49.6 Å². The van der Waals surface area contributed by atoms with Crippen LogP contribution in [0.2, 0.25) is 0 Å². The molecule has 164 valence electrons. The molecule has 4 rings (SSSR count). The Kier molecular flexibility index (Phi) is 7.12. The first-order chi connectivity index (χ1) is 15.6. The second-order valence-electron chi connectivity index (χ2n) is 7.93. The van der Waals surface area contributed by atoms with Gasteiger partial charge in [-0.2, -0.15) is 0 Å². The van der Waals surface area contributed by atoms with Crippen LogP contribution < -0.4 is 5.56 Å². The molecule has 0 fully saturated rings. The monoisotopic (exact) mass is 445 g/mol. The van der Waals surface area contributed by atoms with Gasteiger partial charge in [0.2, 0.25) is 5.91 Å². The van der Waals surface area contributed by atoms with Crippen LogP contribution in [-0.4, -0.2) is 26.9 Å². The quantitative estimate of drug-likeness (QED) is 0.371. The van der Waals surface area contributed by atoms with Crippen LogP contribution in [0, 0.1) is 6.92 Å². The number of nitrogens with zero attached hydrogens (tertiary/aromatic N) is 3. The normalized spacial score (nSPS) is 11.0. The topological polar surface area (TPSA) is 55.2 Å². The van der Waals surface area contributed by atoms with Gasteiger partial charge in [0, 0.05) is 29.3 Å². The van der Waals surface area contributed by atoms with Gasteiger partial charge in [-0.1, -0.05) is 42.5 Å². The minimum atomic E-state index is -0.0574. The molecule has 5 nitrogen and oxygen atoms in total. The number of hydrogen-bond acceptors (Lipinski definition) is 4. The number of aromatic nitrogens is 2. The number of amides is 1. The number of rotatable bonds is 9. The third-order valence-corrected chi connectivity index (χ3v) is 6.52. The van der Waals surface area contributed by atoms with Gasteiger partial charge in [0.05, 0.1) is 23.8 Å². The molecule has 2 aromatic heterocycles. The Balaban J connectivity index is 1.40. The van der Waals surface area contributed by atoms with Crippen LogP contribution in [-0.2, 0) is 24.3 Å². The van der Waals surface area contributed by atoms with Gasteiger partial charge in [-0.3, -0.25) is 14.2 Å². The lowest BCUT2D eigenvalue weighted by atomic mass is 10.1. The number of hydrogen-bond donors (Lipinski definition) is 0. The maximum Gasteiger partial charge on any atom is 0.261 e. The van der Waals surface area contributed by atoms with Gasteiger partial charge in [-0.15, -0.1) is 11.3 Å². The summed E-state index contributed by atoms with van der Waals surface area (Å²) in [5, 5.41) is 0.610. The Labute approximate surface area is 192 Å². The van der Waals surface area contributed by atoms with Gasteiger partial charge in [0.15, 0.2) is 0 Å². The van der Waals surface area contributed by atoms with Crippen LogP contribution in [0.3, 0.4) is 0 Å². The van der Waals surface area contributed by atoms with Gasteiger partial charge >= 0.3 is 0 Å². The minimum absolute atomic E-state index is 0.0574. The van der Waals surface area contributed by atoms with E-state index in [-0.39, 0.29) is 11.5 Å². The molecule has 1 amide bonds. The molecule has 0 atom stereocenters. The van der Waals surface area contributed by atoms with Gasteiger partial charge in [-0.25, -0.2) is 4.98 Å². The number of aryl methyl sites for hydroxylation is 2. The van der Waals surface area contributed by atoms with Crippen LogP contribution in [0.1, 0.15) is 28.2 Å². The third kappa shape index (κ3) is 5.51. The van der Waals surface area contributed by atoms with E-state index >= 15 is 0 Å². The van der Waals surface area contributed by atoms with E-state index in [1.165, 1.54) is 15.3 Å². The molecular formula is C26H27N3O2S.